The van der Waals surface area contributed by atoms with Crippen LogP contribution in [0.25, 0.3) is 0 Å². The van der Waals surface area contributed by atoms with Gasteiger partial charge in [-0.05, 0) is 84.1 Å². The van der Waals surface area contributed by atoms with E-state index in [1.165, 1.54) is 103 Å². The molecule has 0 spiro atoms. The van der Waals surface area contributed by atoms with E-state index in [1.54, 1.807) is 0 Å². The summed E-state index contributed by atoms with van der Waals surface area (Å²) in [6.07, 6.45) is 36.9. The van der Waals surface area contributed by atoms with Crippen LogP contribution in [-0.4, -0.2) is 56.6 Å². The topological polar surface area (TPSA) is 149 Å². The normalized spacial score (nSPS) is 11.8. The van der Waals surface area contributed by atoms with Gasteiger partial charge in [0.15, 0.2) is 0 Å². The summed E-state index contributed by atoms with van der Waals surface area (Å²) in [4.78, 5) is 50.1. The molecule has 10 nitrogen and oxygen atoms in total. The van der Waals surface area contributed by atoms with Crippen LogP contribution < -0.4 is 21.7 Å². The number of rotatable bonds is 45. The summed E-state index contributed by atoms with van der Waals surface area (Å²) >= 11 is 0. The highest BCUT2D eigenvalue weighted by molar-refractivity contribution is 5.84. The van der Waals surface area contributed by atoms with Crippen molar-refractivity contribution in [1.82, 2.24) is 16.0 Å². The molecule has 378 valence electrons. The lowest BCUT2D eigenvalue weighted by molar-refractivity contribution is -0.150. The second-order valence-electron chi connectivity index (χ2n) is 18.5. The molecular weight excluding hydrogens is 801 g/mol. The molecule has 10 heteroatoms. The predicted molar refractivity (Wildman–Crippen MR) is 271 cm³/mol. The van der Waals surface area contributed by atoms with E-state index >= 15 is 0 Å². The number of unbranched alkanes of at least 4 members (excludes halogenated alkanes) is 23. The van der Waals surface area contributed by atoms with Crippen LogP contribution >= 0.6 is 0 Å². The van der Waals surface area contributed by atoms with E-state index in [-0.39, 0.29) is 42.1 Å². The monoisotopic (exact) mass is 907 g/mol. The van der Waals surface area contributed by atoms with E-state index in [4.69, 9.17) is 15.2 Å². The minimum absolute atomic E-state index is 0.000624. The van der Waals surface area contributed by atoms with Gasteiger partial charge in [-0.25, -0.2) is 0 Å². The van der Waals surface area contributed by atoms with Crippen LogP contribution in [0.3, 0.4) is 0 Å². The Labute approximate surface area is 395 Å². The van der Waals surface area contributed by atoms with Gasteiger partial charge in [-0.3, -0.25) is 19.2 Å². The van der Waals surface area contributed by atoms with Crippen LogP contribution in [-0.2, 0) is 28.7 Å². The molecule has 0 aliphatic heterocycles. The first kappa shape index (κ1) is 63.3. The summed E-state index contributed by atoms with van der Waals surface area (Å²) in [5.74, 6) is 0.643. The molecule has 2 unspecified atom stereocenters. The third kappa shape index (κ3) is 44.4. The van der Waals surface area contributed by atoms with Crippen LogP contribution in [0.15, 0.2) is 11.4 Å². The van der Waals surface area contributed by atoms with E-state index in [0.717, 1.165) is 127 Å². The van der Waals surface area contributed by atoms with E-state index in [1.807, 2.05) is 20.8 Å². The molecule has 0 aliphatic rings. The molecule has 2 atom stereocenters. The highest BCUT2D eigenvalue weighted by atomic mass is 16.5. The summed E-state index contributed by atoms with van der Waals surface area (Å²) in [5, 5.41) is 8.64. The fourth-order valence-electron chi connectivity index (χ4n) is 7.74. The molecule has 0 aromatic carbocycles. The van der Waals surface area contributed by atoms with Gasteiger partial charge in [-0.1, -0.05) is 182 Å². The van der Waals surface area contributed by atoms with Gasteiger partial charge in [0.05, 0.1) is 37.4 Å². The highest BCUT2D eigenvalue weighted by Gasteiger charge is 2.20. The molecule has 0 heterocycles. The van der Waals surface area contributed by atoms with Gasteiger partial charge in [0, 0.05) is 19.5 Å². The van der Waals surface area contributed by atoms with E-state index in [2.05, 4.69) is 43.6 Å². The van der Waals surface area contributed by atoms with Gasteiger partial charge < -0.3 is 31.2 Å². The molecule has 0 aromatic rings. The first-order valence-corrected chi connectivity index (χ1v) is 27.1. The molecule has 0 aliphatic carbocycles. The summed E-state index contributed by atoms with van der Waals surface area (Å²) in [6.45, 7) is 17.4. The zero-order valence-corrected chi connectivity index (χ0v) is 43.3. The van der Waals surface area contributed by atoms with E-state index < -0.39 is 0 Å². The second kappa shape index (κ2) is 49.6. The van der Waals surface area contributed by atoms with Crippen molar-refractivity contribution in [3.05, 3.63) is 11.4 Å². The molecule has 0 saturated carbocycles. The summed E-state index contributed by atoms with van der Waals surface area (Å²) in [6, 6.07) is 0. The zero-order chi connectivity index (χ0) is 47.7. The van der Waals surface area contributed by atoms with Crippen LogP contribution in [0.4, 0.5) is 0 Å². The predicted octanol–water partition coefficient (Wildman–Crippen LogP) is 13.7. The Morgan fingerprint density at radius 1 is 0.422 bits per heavy atom. The molecule has 0 bridgehead atoms. The van der Waals surface area contributed by atoms with Gasteiger partial charge in [0.25, 0.3) is 0 Å². The Kier molecular flexibility index (Phi) is 49.1. The Bertz CT molecular complexity index is 1040. The maximum Gasteiger partial charge on any atom is 0.308 e. The van der Waals surface area contributed by atoms with Crippen LogP contribution in [0.1, 0.15) is 267 Å². The largest absolute Gasteiger partial charge is 0.465 e. The lowest BCUT2D eigenvalue weighted by Crippen LogP contribution is -2.37. The van der Waals surface area contributed by atoms with E-state index in [9.17, 15) is 19.2 Å². The summed E-state index contributed by atoms with van der Waals surface area (Å²) in [7, 11) is 0. The van der Waals surface area contributed by atoms with Crippen molar-refractivity contribution in [2.75, 3.05) is 32.8 Å². The van der Waals surface area contributed by atoms with Crippen molar-refractivity contribution < 1.29 is 28.7 Å². The lowest BCUT2D eigenvalue weighted by Gasteiger charge is -2.16. The highest BCUT2D eigenvalue weighted by Crippen LogP contribution is 2.22. The van der Waals surface area contributed by atoms with Crippen molar-refractivity contribution in [2.45, 2.75) is 267 Å². The molecule has 0 saturated heterocycles. The average molecular weight is 907 g/mol. The number of hydrogen-bond acceptors (Lipinski definition) is 8. The van der Waals surface area contributed by atoms with Crippen LogP contribution in [0.5, 0.6) is 0 Å². The number of esters is 2. The maximum absolute atomic E-state index is 12.8. The second-order valence-corrected chi connectivity index (χ2v) is 18.5. The molecule has 2 amide bonds. The van der Waals surface area contributed by atoms with Crippen molar-refractivity contribution >= 4 is 23.8 Å². The maximum atomic E-state index is 12.8. The molecule has 0 radical (unpaired) electrons. The summed E-state index contributed by atoms with van der Waals surface area (Å²) in [5.41, 5.74) is 6.64. The summed E-state index contributed by atoms with van der Waals surface area (Å²) < 4.78 is 11.4. The average Bonchev–Trinajstić information content (AvgIpc) is 3.28. The first-order valence-electron chi connectivity index (χ1n) is 27.1. The fourth-order valence-corrected chi connectivity index (χ4v) is 7.74. The minimum Gasteiger partial charge on any atom is -0.465 e. The number of carbonyl (C=O) groups is 4. The number of ether oxygens (including phenoxy) is 2. The number of nitrogens with one attached hydrogen (secondary N) is 3. The Morgan fingerprint density at radius 3 is 1.17 bits per heavy atom. The van der Waals surface area contributed by atoms with Gasteiger partial charge in [0.2, 0.25) is 11.8 Å². The van der Waals surface area contributed by atoms with Crippen molar-refractivity contribution in [2.24, 2.45) is 17.6 Å². The SMILES string of the molecule is CCCCCCCCC(CCCCCC)C(=O)OCCCCCCCC(=O)NCC(=O)NCCCCCCOC(=O)C(CCCCCC)CCCCCCCC.CCNC(N)=C(C)C. The number of nitrogens with two attached hydrogens (primary N) is 1. The zero-order valence-electron chi connectivity index (χ0n) is 43.3. The number of hydrogen-bond donors (Lipinski definition) is 4. The first-order chi connectivity index (χ1) is 31.1. The molecule has 64 heavy (non-hydrogen) atoms. The smallest absolute Gasteiger partial charge is 0.308 e. The minimum atomic E-state index is -0.160. The van der Waals surface area contributed by atoms with Gasteiger partial charge in [0.1, 0.15) is 0 Å². The van der Waals surface area contributed by atoms with Crippen LogP contribution in [0, 0.1) is 11.8 Å². The van der Waals surface area contributed by atoms with Gasteiger partial charge in [-0.2, -0.15) is 0 Å². The fraction of sp³-hybridized carbons (Fsp3) is 0.889. The third-order valence-corrected chi connectivity index (χ3v) is 12.1. The molecule has 0 fully saturated rings. The number of allylic oxidation sites excluding steroid dienone is 1. The van der Waals surface area contributed by atoms with Crippen LogP contribution in [0.2, 0.25) is 0 Å². The molecule has 0 rings (SSSR count). The molecular formula is C54H106N4O6. The van der Waals surface area contributed by atoms with E-state index in [0.29, 0.717) is 26.2 Å². The number of carbonyl (C=O) groups excluding carboxylic acids is 4. The quantitative estimate of drug-likeness (QED) is 0.0349. The lowest BCUT2D eigenvalue weighted by atomic mass is 9.94. The Hall–Kier alpha value is -2.78. The Morgan fingerprint density at radius 2 is 0.781 bits per heavy atom. The van der Waals surface area contributed by atoms with Gasteiger partial charge >= 0.3 is 11.9 Å². The standard InChI is InChI=1S/C48H92N2O6.C6H14N2/c1-5-9-13-17-20-28-36-43(34-26-15-11-7-3)47(53)55-40-32-24-19-22-30-38-45(51)50-42-46(52)49-39-31-23-25-33-41-56-48(54)44(35-27-16-12-8-4)37-29-21-18-14-10-6-2;1-4-8-6(7)5(2)3/h43-44H,5-42H2,1-4H3,(H,49,52)(H,50,51);8H,4,7H2,1-3H3. The molecule has 0 aromatic heterocycles. The van der Waals surface area contributed by atoms with Crippen molar-refractivity contribution in [3.63, 3.8) is 0 Å². The van der Waals surface area contributed by atoms with Crippen molar-refractivity contribution in [1.29, 1.82) is 0 Å². The Balaban J connectivity index is 0. The van der Waals surface area contributed by atoms with Gasteiger partial charge in [-0.15, -0.1) is 0 Å². The van der Waals surface area contributed by atoms with Crippen molar-refractivity contribution in [3.8, 4) is 0 Å². The third-order valence-electron chi connectivity index (χ3n) is 12.1. The number of amides is 2. The molecule has 5 N–H and O–H groups in total.